The van der Waals surface area contributed by atoms with Gasteiger partial charge in [-0.2, -0.15) is 0 Å². The van der Waals surface area contributed by atoms with E-state index in [4.69, 9.17) is 4.74 Å². The minimum atomic E-state index is -3.75. The van der Waals surface area contributed by atoms with Crippen LogP contribution in [0, 0.1) is 0 Å². The maximum atomic E-state index is 12.1. The van der Waals surface area contributed by atoms with Gasteiger partial charge in [-0.25, -0.2) is 17.9 Å². The summed E-state index contributed by atoms with van der Waals surface area (Å²) >= 11 is 0. The van der Waals surface area contributed by atoms with Gasteiger partial charge < -0.3 is 14.6 Å². The van der Waals surface area contributed by atoms with E-state index in [-0.39, 0.29) is 23.6 Å². The zero-order chi connectivity index (χ0) is 15.5. The van der Waals surface area contributed by atoms with E-state index in [1.165, 1.54) is 31.4 Å². The molecule has 1 saturated heterocycles. The predicted molar refractivity (Wildman–Crippen MR) is 73.4 cm³/mol. The third-order valence-corrected chi connectivity index (χ3v) is 4.68. The average molecular weight is 315 g/mol. The second-order valence-corrected chi connectivity index (χ2v) is 6.63. The van der Waals surface area contributed by atoms with Crippen molar-refractivity contribution in [3.8, 4) is 0 Å². The van der Waals surface area contributed by atoms with Gasteiger partial charge in [0, 0.05) is 19.6 Å². The number of rotatable bonds is 5. The van der Waals surface area contributed by atoms with Crippen molar-refractivity contribution in [2.45, 2.75) is 16.9 Å². The highest BCUT2D eigenvalue weighted by Gasteiger charge is 2.33. The fraction of sp³-hybridized carbons (Fsp3) is 0.462. The van der Waals surface area contributed by atoms with E-state index in [0.717, 1.165) is 0 Å². The molecule has 1 atom stereocenters. The highest BCUT2D eigenvalue weighted by molar-refractivity contribution is 7.89. The summed E-state index contributed by atoms with van der Waals surface area (Å²) in [5.41, 5.74) is -0.904. The Kier molecular flexibility index (Phi) is 4.62. The number of aliphatic hydroxyl groups is 1. The van der Waals surface area contributed by atoms with Gasteiger partial charge in [-0.1, -0.05) is 0 Å². The van der Waals surface area contributed by atoms with E-state index in [0.29, 0.717) is 13.0 Å². The Bertz CT molecular complexity index is 604. The highest BCUT2D eigenvalue weighted by atomic mass is 32.2. The molecule has 1 aliphatic rings. The summed E-state index contributed by atoms with van der Waals surface area (Å²) in [5, 5.41) is 10.0. The molecule has 0 radical (unpaired) electrons. The van der Waals surface area contributed by atoms with Crippen molar-refractivity contribution in [2.24, 2.45) is 0 Å². The monoisotopic (exact) mass is 315 g/mol. The minimum Gasteiger partial charge on any atom is -0.465 e. The number of carbonyl (C=O) groups is 1. The number of esters is 1. The Morgan fingerprint density at radius 1 is 1.43 bits per heavy atom. The lowest BCUT2D eigenvalue weighted by molar-refractivity contribution is 0.0314. The smallest absolute Gasteiger partial charge is 0.337 e. The first kappa shape index (κ1) is 15.9. The van der Waals surface area contributed by atoms with E-state index in [1.54, 1.807) is 0 Å². The molecule has 0 bridgehead atoms. The second-order valence-electron chi connectivity index (χ2n) is 4.87. The highest BCUT2D eigenvalue weighted by Crippen LogP contribution is 2.18. The first-order chi connectivity index (χ1) is 9.86. The predicted octanol–water partition coefficient (Wildman–Crippen LogP) is -0.0971. The Labute approximate surface area is 122 Å². The summed E-state index contributed by atoms with van der Waals surface area (Å²) in [7, 11) is -2.50. The van der Waals surface area contributed by atoms with Gasteiger partial charge in [0.2, 0.25) is 10.0 Å². The third-order valence-electron chi connectivity index (χ3n) is 3.26. The van der Waals surface area contributed by atoms with Crippen LogP contribution >= 0.6 is 0 Å². The number of carbonyl (C=O) groups excluding carboxylic acids is 1. The largest absolute Gasteiger partial charge is 0.465 e. The van der Waals surface area contributed by atoms with Gasteiger partial charge in [0.1, 0.15) is 5.60 Å². The van der Waals surface area contributed by atoms with Crippen molar-refractivity contribution >= 4 is 16.0 Å². The average Bonchev–Trinajstić information content (AvgIpc) is 2.92. The topological polar surface area (TPSA) is 102 Å². The number of methoxy groups -OCH3 is 1. The van der Waals surface area contributed by atoms with E-state index < -0.39 is 21.6 Å². The molecule has 0 amide bonds. The lowest BCUT2D eigenvalue weighted by atomic mass is 10.1. The lowest BCUT2D eigenvalue weighted by Gasteiger charge is -2.20. The number of nitrogens with one attached hydrogen (secondary N) is 1. The summed E-state index contributed by atoms with van der Waals surface area (Å²) in [6.07, 6.45) is 0.386. The van der Waals surface area contributed by atoms with Crippen LogP contribution in [0.15, 0.2) is 29.2 Å². The molecule has 1 aliphatic heterocycles. The summed E-state index contributed by atoms with van der Waals surface area (Å²) in [6.45, 7) is 0.400. The molecule has 1 aromatic carbocycles. The lowest BCUT2D eigenvalue weighted by Crippen LogP contribution is -2.43. The Hall–Kier alpha value is -1.48. The molecule has 0 aliphatic carbocycles. The number of sulfonamides is 1. The molecule has 0 unspecified atom stereocenters. The molecule has 116 valence electrons. The SMILES string of the molecule is COC(=O)c1ccc(S(=O)(=O)NC[C@@]2(O)CCOC2)cc1. The van der Waals surface area contributed by atoms with Crippen LogP contribution in [0.25, 0.3) is 0 Å². The van der Waals surface area contributed by atoms with Crippen LogP contribution < -0.4 is 4.72 Å². The molecule has 21 heavy (non-hydrogen) atoms. The Balaban J connectivity index is 2.07. The molecular formula is C13H17NO6S. The third kappa shape index (κ3) is 3.79. The fourth-order valence-electron chi connectivity index (χ4n) is 1.94. The van der Waals surface area contributed by atoms with Gasteiger partial charge in [0.05, 0.1) is 24.2 Å². The van der Waals surface area contributed by atoms with Crippen LogP contribution in [-0.4, -0.2) is 52.0 Å². The maximum Gasteiger partial charge on any atom is 0.337 e. The Morgan fingerprint density at radius 2 is 2.10 bits per heavy atom. The second kappa shape index (κ2) is 6.10. The molecule has 2 rings (SSSR count). The first-order valence-corrected chi connectivity index (χ1v) is 7.83. The molecule has 0 saturated carbocycles. The van der Waals surface area contributed by atoms with Crippen molar-refractivity contribution < 1.29 is 27.8 Å². The van der Waals surface area contributed by atoms with Crippen LogP contribution in [-0.2, 0) is 19.5 Å². The number of ether oxygens (including phenoxy) is 2. The zero-order valence-electron chi connectivity index (χ0n) is 11.5. The molecule has 8 heteroatoms. The number of benzene rings is 1. The minimum absolute atomic E-state index is 0.0117. The normalized spacial score (nSPS) is 22.2. The van der Waals surface area contributed by atoms with Crippen molar-refractivity contribution in [1.29, 1.82) is 0 Å². The molecule has 0 spiro atoms. The van der Waals surface area contributed by atoms with Gasteiger partial charge in [0.15, 0.2) is 0 Å². The van der Waals surface area contributed by atoms with Gasteiger partial charge in [0.25, 0.3) is 0 Å². The van der Waals surface area contributed by atoms with E-state index >= 15 is 0 Å². The van der Waals surface area contributed by atoms with E-state index in [9.17, 15) is 18.3 Å². The molecule has 1 aromatic rings. The van der Waals surface area contributed by atoms with Crippen molar-refractivity contribution in [2.75, 3.05) is 26.9 Å². The molecular weight excluding hydrogens is 298 g/mol. The van der Waals surface area contributed by atoms with E-state index in [1.807, 2.05) is 0 Å². The van der Waals surface area contributed by atoms with Gasteiger partial charge in [-0.3, -0.25) is 0 Å². The summed E-state index contributed by atoms with van der Waals surface area (Å²) in [5.74, 6) is -0.538. The molecule has 7 nitrogen and oxygen atoms in total. The first-order valence-electron chi connectivity index (χ1n) is 6.34. The zero-order valence-corrected chi connectivity index (χ0v) is 12.4. The number of hydrogen-bond donors (Lipinski definition) is 2. The van der Waals surface area contributed by atoms with Gasteiger partial charge in [-0.15, -0.1) is 0 Å². The molecule has 1 fully saturated rings. The number of hydrogen-bond acceptors (Lipinski definition) is 6. The maximum absolute atomic E-state index is 12.1. The van der Waals surface area contributed by atoms with Gasteiger partial charge in [-0.05, 0) is 24.3 Å². The van der Waals surface area contributed by atoms with Gasteiger partial charge >= 0.3 is 5.97 Å². The molecule has 1 heterocycles. The quantitative estimate of drug-likeness (QED) is 0.736. The molecule has 0 aromatic heterocycles. The fourth-order valence-corrected chi connectivity index (χ4v) is 3.06. The summed E-state index contributed by atoms with van der Waals surface area (Å²) in [4.78, 5) is 11.3. The molecule has 2 N–H and O–H groups in total. The summed E-state index contributed by atoms with van der Waals surface area (Å²) in [6, 6.07) is 5.36. The van der Waals surface area contributed by atoms with Crippen molar-refractivity contribution in [3.63, 3.8) is 0 Å². The van der Waals surface area contributed by atoms with E-state index in [2.05, 4.69) is 9.46 Å². The van der Waals surface area contributed by atoms with Crippen LogP contribution in [0.1, 0.15) is 16.8 Å². The standard InChI is InChI=1S/C13H17NO6S/c1-19-12(15)10-2-4-11(5-3-10)21(17,18)14-8-13(16)6-7-20-9-13/h2-5,14,16H,6-9H2,1H3/t13-/m0/s1. The van der Waals surface area contributed by atoms with Crippen LogP contribution in [0.3, 0.4) is 0 Å². The van der Waals surface area contributed by atoms with Crippen LogP contribution in [0.4, 0.5) is 0 Å². The Morgan fingerprint density at radius 3 is 2.62 bits per heavy atom. The van der Waals surface area contributed by atoms with Crippen LogP contribution in [0.2, 0.25) is 0 Å². The summed E-state index contributed by atoms with van der Waals surface area (Å²) < 4.78 is 36.1. The van der Waals surface area contributed by atoms with Crippen molar-refractivity contribution in [1.82, 2.24) is 4.72 Å². The van der Waals surface area contributed by atoms with Crippen LogP contribution in [0.5, 0.6) is 0 Å². The van der Waals surface area contributed by atoms with Crippen molar-refractivity contribution in [3.05, 3.63) is 29.8 Å².